The SMILES string of the molecule is O=C(O)c1c(C2CCOCC2)nn2cccnc12. The van der Waals surface area contributed by atoms with E-state index in [4.69, 9.17) is 4.74 Å². The van der Waals surface area contributed by atoms with Crippen LogP contribution in [-0.4, -0.2) is 38.9 Å². The van der Waals surface area contributed by atoms with Crippen LogP contribution in [0.1, 0.15) is 34.8 Å². The summed E-state index contributed by atoms with van der Waals surface area (Å²) in [4.78, 5) is 15.5. The molecule has 1 N–H and O–H groups in total. The molecular formula is C12H13N3O3. The summed E-state index contributed by atoms with van der Waals surface area (Å²) in [5.74, 6) is -0.822. The average Bonchev–Trinajstić information content (AvgIpc) is 2.79. The van der Waals surface area contributed by atoms with Gasteiger partial charge in [0.15, 0.2) is 5.65 Å². The van der Waals surface area contributed by atoms with Gasteiger partial charge in [0.25, 0.3) is 0 Å². The van der Waals surface area contributed by atoms with Crippen LogP contribution in [0.25, 0.3) is 5.65 Å². The number of rotatable bonds is 2. The lowest BCUT2D eigenvalue weighted by Gasteiger charge is -2.20. The van der Waals surface area contributed by atoms with Crippen molar-refractivity contribution in [1.29, 1.82) is 0 Å². The summed E-state index contributed by atoms with van der Waals surface area (Å²) >= 11 is 0. The van der Waals surface area contributed by atoms with Crippen molar-refractivity contribution in [2.45, 2.75) is 18.8 Å². The van der Waals surface area contributed by atoms with Crippen molar-refractivity contribution in [3.63, 3.8) is 0 Å². The van der Waals surface area contributed by atoms with Crippen LogP contribution in [0, 0.1) is 0 Å². The van der Waals surface area contributed by atoms with E-state index in [1.54, 1.807) is 18.5 Å². The van der Waals surface area contributed by atoms with Gasteiger partial charge >= 0.3 is 5.97 Å². The zero-order valence-corrected chi connectivity index (χ0v) is 9.74. The van der Waals surface area contributed by atoms with Crippen molar-refractivity contribution in [3.8, 4) is 0 Å². The van der Waals surface area contributed by atoms with Gasteiger partial charge in [-0.1, -0.05) is 0 Å². The number of carbonyl (C=O) groups is 1. The third-order valence-corrected chi connectivity index (χ3v) is 3.24. The number of hydrogen-bond acceptors (Lipinski definition) is 4. The molecule has 1 aliphatic heterocycles. The molecule has 0 bridgehead atoms. The van der Waals surface area contributed by atoms with Gasteiger partial charge in [-0.2, -0.15) is 5.10 Å². The first-order valence-corrected chi connectivity index (χ1v) is 5.91. The summed E-state index contributed by atoms with van der Waals surface area (Å²) in [5, 5.41) is 13.7. The van der Waals surface area contributed by atoms with Crippen molar-refractivity contribution in [3.05, 3.63) is 29.7 Å². The Morgan fingerprint density at radius 1 is 1.44 bits per heavy atom. The van der Waals surface area contributed by atoms with Gasteiger partial charge in [-0.25, -0.2) is 14.3 Å². The summed E-state index contributed by atoms with van der Waals surface area (Å²) in [6.07, 6.45) is 4.92. The predicted molar refractivity (Wildman–Crippen MR) is 62.7 cm³/mol. The van der Waals surface area contributed by atoms with Gasteiger partial charge in [0.2, 0.25) is 0 Å². The molecule has 0 radical (unpaired) electrons. The van der Waals surface area contributed by atoms with Crippen molar-refractivity contribution in [2.75, 3.05) is 13.2 Å². The Morgan fingerprint density at radius 3 is 2.94 bits per heavy atom. The first kappa shape index (κ1) is 11.2. The van der Waals surface area contributed by atoms with E-state index < -0.39 is 5.97 Å². The lowest BCUT2D eigenvalue weighted by molar-refractivity contribution is 0.0686. The zero-order chi connectivity index (χ0) is 12.5. The van der Waals surface area contributed by atoms with E-state index in [2.05, 4.69) is 10.1 Å². The molecule has 6 nitrogen and oxygen atoms in total. The Kier molecular flexibility index (Phi) is 2.71. The maximum atomic E-state index is 11.4. The number of aromatic nitrogens is 3. The molecule has 0 spiro atoms. The molecule has 3 rings (SSSR count). The minimum absolute atomic E-state index is 0.145. The Bertz CT molecular complexity index is 587. The van der Waals surface area contributed by atoms with Crippen LogP contribution < -0.4 is 0 Å². The summed E-state index contributed by atoms with van der Waals surface area (Å²) in [6.45, 7) is 1.32. The Labute approximate surface area is 103 Å². The standard InChI is InChI=1S/C12H13N3O3/c16-12(17)9-10(8-2-6-18-7-3-8)14-15-5-1-4-13-11(9)15/h1,4-5,8H,2-3,6-7H2,(H,16,17). The van der Waals surface area contributed by atoms with E-state index >= 15 is 0 Å². The van der Waals surface area contributed by atoms with Crippen molar-refractivity contribution >= 4 is 11.6 Å². The van der Waals surface area contributed by atoms with E-state index in [0.29, 0.717) is 24.6 Å². The lowest BCUT2D eigenvalue weighted by Crippen LogP contribution is -2.16. The molecule has 94 valence electrons. The van der Waals surface area contributed by atoms with Crippen molar-refractivity contribution in [1.82, 2.24) is 14.6 Å². The monoisotopic (exact) mass is 247 g/mol. The molecular weight excluding hydrogens is 234 g/mol. The quantitative estimate of drug-likeness (QED) is 0.866. The molecule has 0 aromatic carbocycles. The number of carboxylic acid groups (broad SMARTS) is 1. The molecule has 1 aliphatic rings. The number of nitrogens with zero attached hydrogens (tertiary/aromatic N) is 3. The number of ether oxygens (including phenoxy) is 1. The smallest absolute Gasteiger partial charge is 0.341 e. The predicted octanol–water partition coefficient (Wildman–Crippen LogP) is 1.32. The van der Waals surface area contributed by atoms with Gasteiger partial charge in [0.05, 0.1) is 5.69 Å². The molecule has 0 saturated carbocycles. The molecule has 0 unspecified atom stereocenters. The second-order valence-electron chi connectivity index (χ2n) is 4.34. The number of carboxylic acids is 1. The maximum absolute atomic E-state index is 11.4. The number of hydrogen-bond donors (Lipinski definition) is 1. The molecule has 6 heteroatoms. The van der Waals surface area contributed by atoms with Crippen LogP contribution in [0.2, 0.25) is 0 Å². The zero-order valence-electron chi connectivity index (χ0n) is 9.74. The molecule has 2 aromatic heterocycles. The molecule has 2 aromatic rings. The summed E-state index contributed by atoms with van der Waals surface area (Å²) in [7, 11) is 0. The molecule has 3 heterocycles. The highest BCUT2D eigenvalue weighted by molar-refractivity contribution is 5.96. The van der Waals surface area contributed by atoms with E-state index in [1.807, 2.05) is 0 Å². The van der Waals surface area contributed by atoms with Crippen molar-refractivity contribution in [2.24, 2.45) is 0 Å². The largest absolute Gasteiger partial charge is 0.477 e. The molecule has 18 heavy (non-hydrogen) atoms. The van der Waals surface area contributed by atoms with Gasteiger partial charge in [-0.05, 0) is 18.9 Å². The highest BCUT2D eigenvalue weighted by Gasteiger charge is 2.27. The average molecular weight is 247 g/mol. The fourth-order valence-corrected chi connectivity index (χ4v) is 2.37. The Hall–Kier alpha value is -1.95. The van der Waals surface area contributed by atoms with E-state index in [0.717, 1.165) is 12.8 Å². The summed E-state index contributed by atoms with van der Waals surface area (Å²) in [5.41, 5.74) is 1.26. The van der Waals surface area contributed by atoms with E-state index in [1.165, 1.54) is 4.52 Å². The fraction of sp³-hybridized carbons (Fsp3) is 0.417. The minimum atomic E-state index is -0.967. The van der Waals surface area contributed by atoms with Gasteiger partial charge in [-0.15, -0.1) is 0 Å². The van der Waals surface area contributed by atoms with E-state index in [-0.39, 0.29) is 11.5 Å². The van der Waals surface area contributed by atoms with Gasteiger partial charge in [0.1, 0.15) is 5.56 Å². The van der Waals surface area contributed by atoms with Crippen LogP contribution in [0.4, 0.5) is 0 Å². The summed E-state index contributed by atoms with van der Waals surface area (Å²) in [6, 6.07) is 1.74. The van der Waals surface area contributed by atoms with Gasteiger partial charge in [-0.3, -0.25) is 0 Å². The Balaban J connectivity index is 2.14. The lowest BCUT2D eigenvalue weighted by atomic mass is 9.94. The third kappa shape index (κ3) is 1.74. The number of aromatic carboxylic acids is 1. The first-order chi connectivity index (χ1) is 8.77. The molecule has 1 fully saturated rings. The molecule has 0 atom stereocenters. The third-order valence-electron chi connectivity index (χ3n) is 3.24. The van der Waals surface area contributed by atoms with Gasteiger partial charge < -0.3 is 9.84 Å². The second-order valence-corrected chi connectivity index (χ2v) is 4.34. The fourth-order valence-electron chi connectivity index (χ4n) is 2.37. The second kappa shape index (κ2) is 4.38. The maximum Gasteiger partial charge on any atom is 0.341 e. The van der Waals surface area contributed by atoms with Crippen LogP contribution in [0.3, 0.4) is 0 Å². The molecule has 1 saturated heterocycles. The van der Waals surface area contributed by atoms with Crippen LogP contribution in [0.15, 0.2) is 18.5 Å². The van der Waals surface area contributed by atoms with Crippen LogP contribution in [0.5, 0.6) is 0 Å². The minimum Gasteiger partial charge on any atom is -0.477 e. The van der Waals surface area contributed by atoms with E-state index in [9.17, 15) is 9.90 Å². The van der Waals surface area contributed by atoms with Crippen molar-refractivity contribution < 1.29 is 14.6 Å². The molecule has 0 aliphatic carbocycles. The van der Waals surface area contributed by atoms with Crippen LogP contribution >= 0.6 is 0 Å². The normalized spacial score (nSPS) is 17.1. The molecule has 0 amide bonds. The highest BCUT2D eigenvalue weighted by Crippen LogP contribution is 2.29. The first-order valence-electron chi connectivity index (χ1n) is 5.91. The summed E-state index contributed by atoms with van der Waals surface area (Å²) < 4.78 is 6.83. The highest BCUT2D eigenvalue weighted by atomic mass is 16.5. The van der Waals surface area contributed by atoms with Crippen LogP contribution in [-0.2, 0) is 4.74 Å². The van der Waals surface area contributed by atoms with Gasteiger partial charge in [0, 0.05) is 31.5 Å². The number of fused-ring (bicyclic) bond motifs is 1. The topological polar surface area (TPSA) is 76.7 Å². The Morgan fingerprint density at radius 2 is 2.22 bits per heavy atom.